The highest BCUT2D eigenvalue weighted by Gasteiger charge is 2.24. The summed E-state index contributed by atoms with van der Waals surface area (Å²) in [5.74, 6) is -0.0138. The molecule has 2 rings (SSSR count). The lowest BCUT2D eigenvalue weighted by Gasteiger charge is -2.21. The molecule has 4 heteroatoms. The van der Waals surface area contributed by atoms with Gasteiger partial charge in [0.15, 0.2) is 0 Å². The van der Waals surface area contributed by atoms with E-state index in [0.29, 0.717) is 6.54 Å². The molecule has 4 nitrogen and oxygen atoms in total. The van der Waals surface area contributed by atoms with Crippen LogP contribution in [0.15, 0.2) is 6.20 Å². The van der Waals surface area contributed by atoms with Gasteiger partial charge in [0.05, 0.1) is 5.92 Å². The number of imidazole rings is 1. The lowest BCUT2D eigenvalue weighted by Crippen LogP contribution is -2.26. The Morgan fingerprint density at radius 1 is 1.77 bits per heavy atom. The molecule has 0 bridgehead atoms. The molecule has 0 saturated heterocycles. The standard InChI is InChI=1S/C9H12N2O2/c1-6-10-4-8-3-2-7(9(12)13)5-11(6)8/h4,7H,2-3,5H2,1H3,(H,12,13)/t7-/m1/s1. The molecule has 0 spiro atoms. The first-order valence-electron chi connectivity index (χ1n) is 4.42. The molecule has 1 aliphatic heterocycles. The Kier molecular flexibility index (Phi) is 1.83. The predicted molar refractivity (Wildman–Crippen MR) is 46.4 cm³/mol. The van der Waals surface area contributed by atoms with Gasteiger partial charge in [0.25, 0.3) is 0 Å². The van der Waals surface area contributed by atoms with E-state index in [9.17, 15) is 4.79 Å². The van der Waals surface area contributed by atoms with Gasteiger partial charge in [0, 0.05) is 18.4 Å². The van der Waals surface area contributed by atoms with Gasteiger partial charge in [-0.05, 0) is 19.8 Å². The van der Waals surface area contributed by atoms with Crippen LogP contribution >= 0.6 is 0 Å². The van der Waals surface area contributed by atoms with Crippen LogP contribution in [-0.4, -0.2) is 20.6 Å². The van der Waals surface area contributed by atoms with Crippen LogP contribution in [0.1, 0.15) is 17.9 Å². The Morgan fingerprint density at radius 2 is 2.54 bits per heavy atom. The number of carbonyl (C=O) groups is 1. The smallest absolute Gasteiger partial charge is 0.308 e. The van der Waals surface area contributed by atoms with Crippen molar-refractivity contribution in [3.05, 3.63) is 17.7 Å². The van der Waals surface area contributed by atoms with Crippen molar-refractivity contribution < 1.29 is 9.90 Å². The minimum atomic E-state index is -0.696. The molecular formula is C9H12N2O2. The largest absolute Gasteiger partial charge is 0.481 e. The van der Waals surface area contributed by atoms with Crippen LogP contribution in [0.4, 0.5) is 0 Å². The number of nitrogens with zero attached hydrogens (tertiary/aromatic N) is 2. The molecule has 2 heterocycles. The monoisotopic (exact) mass is 180 g/mol. The third-order valence-electron chi connectivity index (χ3n) is 2.64. The number of aliphatic carboxylic acids is 1. The molecule has 13 heavy (non-hydrogen) atoms. The number of aromatic nitrogens is 2. The van der Waals surface area contributed by atoms with Crippen LogP contribution < -0.4 is 0 Å². The van der Waals surface area contributed by atoms with Crippen LogP contribution in [0.5, 0.6) is 0 Å². The maximum absolute atomic E-state index is 10.8. The zero-order valence-corrected chi connectivity index (χ0v) is 7.53. The van der Waals surface area contributed by atoms with Crippen molar-refractivity contribution in [3.8, 4) is 0 Å². The van der Waals surface area contributed by atoms with Crippen LogP contribution in [-0.2, 0) is 17.8 Å². The molecule has 1 aromatic heterocycles. The van der Waals surface area contributed by atoms with Crippen molar-refractivity contribution in [2.75, 3.05) is 0 Å². The number of aryl methyl sites for hydroxylation is 2. The van der Waals surface area contributed by atoms with E-state index < -0.39 is 5.97 Å². The Hall–Kier alpha value is -1.32. The summed E-state index contributed by atoms with van der Waals surface area (Å²) in [5.41, 5.74) is 1.16. The molecule has 1 N–H and O–H groups in total. The van der Waals surface area contributed by atoms with Crippen molar-refractivity contribution in [2.24, 2.45) is 5.92 Å². The summed E-state index contributed by atoms with van der Waals surface area (Å²) < 4.78 is 2.00. The number of carboxylic acid groups (broad SMARTS) is 1. The second-order valence-corrected chi connectivity index (χ2v) is 3.48. The van der Waals surface area contributed by atoms with Crippen LogP contribution in [0.25, 0.3) is 0 Å². The van der Waals surface area contributed by atoms with Crippen LogP contribution in [0.3, 0.4) is 0 Å². The van der Waals surface area contributed by atoms with Crippen molar-refractivity contribution in [1.82, 2.24) is 9.55 Å². The van der Waals surface area contributed by atoms with Gasteiger partial charge in [-0.1, -0.05) is 0 Å². The van der Waals surface area contributed by atoms with Gasteiger partial charge < -0.3 is 9.67 Å². The molecule has 0 radical (unpaired) electrons. The fourth-order valence-electron chi connectivity index (χ4n) is 1.80. The summed E-state index contributed by atoms with van der Waals surface area (Å²) in [7, 11) is 0. The molecule has 70 valence electrons. The third kappa shape index (κ3) is 1.32. The van der Waals surface area contributed by atoms with Crippen molar-refractivity contribution >= 4 is 5.97 Å². The van der Waals surface area contributed by atoms with Crippen LogP contribution in [0, 0.1) is 12.8 Å². The molecule has 1 aliphatic rings. The van der Waals surface area contributed by atoms with E-state index in [4.69, 9.17) is 5.11 Å². The van der Waals surface area contributed by atoms with Crippen LogP contribution in [0.2, 0.25) is 0 Å². The molecule has 1 atom stereocenters. The number of fused-ring (bicyclic) bond motifs is 1. The van der Waals surface area contributed by atoms with E-state index in [1.165, 1.54) is 0 Å². The molecule has 0 saturated carbocycles. The molecule has 0 aliphatic carbocycles. The first-order chi connectivity index (χ1) is 6.18. The van der Waals surface area contributed by atoms with Gasteiger partial charge in [-0.25, -0.2) is 4.98 Å². The fraction of sp³-hybridized carbons (Fsp3) is 0.556. The topological polar surface area (TPSA) is 55.1 Å². The maximum atomic E-state index is 10.8. The zero-order chi connectivity index (χ0) is 9.42. The average Bonchev–Trinajstić information content (AvgIpc) is 2.47. The van der Waals surface area contributed by atoms with E-state index in [2.05, 4.69) is 4.98 Å². The Bertz CT molecular complexity index is 343. The van der Waals surface area contributed by atoms with Crippen molar-refractivity contribution in [1.29, 1.82) is 0 Å². The van der Waals surface area contributed by atoms with Gasteiger partial charge in [-0.2, -0.15) is 0 Å². The maximum Gasteiger partial charge on any atom is 0.308 e. The summed E-state index contributed by atoms with van der Waals surface area (Å²) in [6, 6.07) is 0. The minimum absolute atomic E-state index is 0.236. The summed E-state index contributed by atoms with van der Waals surface area (Å²) in [6.07, 6.45) is 3.41. The van der Waals surface area contributed by atoms with Gasteiger partial charge >= 0.3 is 5.97 Å². The Morgan fingerprint density at radius 3 is 3.23 bits per heavy atom. The number of hydrogen-bond donors (Lipinski definition) is 1. The highest BCUT2D eigenvalue weighted by molar-refractivity contribution is 5.70. The molecule has 0 fully saturated rings. The minimum Gasteiger partial charge on any atom is -0.481 e. The number of carboxylic acids is 1. The first kappa shape index (κ1) is 8.29. The molecule has 0 aromatic carbocycles. The fourth-order valence-corrected chi connectivity index (χ4v) is 1.80. The molecule has 0 amide bonds. The normalized spacial score (nSPS) is 21.2. The summed E-state index contributed by atoms with van der Waals surface area (Å²) in [6.45, 7) is 2.49. The average molecular weight is 180 g/mol. The van der Waals surface area contributed by atoms with E-state index in [1.54, 1.807) is 0 Å². The third-order valence-corrected chi connectivity index (χ3v) is 2.64. The first-order valence-corrected chi connectivity index (χ1v) is 4.42. The van der Waals surface area contributed by atoms with Gasteiger partial charge in [-0.3, -0.25) is 4.79 Å². The second-order valence-electron chi connectivity index (χ2n) is 3.48. The summed E-state index contributed by atoms with van der Waals surface area (Å²) >= 11 is 0. The molecule has 1 aromatic rings. The van der Waals surface area contributed by atoms with E-state index in [1.807, 2.05) is 17.7 Å². The predicted octanol–water partition coefficient (Wildman–Crippen LogP) is 0.839. The van der Waals surface area contributed by atoms with Crippen molar-refractivity contribution in [2.45, 2.75) is 26.3 Å². The van der Waals surface area contributed by atoms with Gasteiger partial charge in [-0.15, -0.1) is 0 Å². The highest BCUT2D eigenvalue weighted by Crippen LogP contribution is 2.21. The lowest BCUT2D eigenvalue weighted by molar-refractivity contribution is -0.142. The van der Waals surface area contributed by atoms with E-state index in [-0.39, 0.29) is 5.92 Å². The Balaban J connectivity index is 2.27. The molecular weight excluding hydrogens is 168 g/mol. The molecule has 0 unspecified atom stereocenters. The quantitative estimate of drug-likeness (QED) is 0.696. The zero-order valence-electron chi connectivity index (χ0n) is 7.53. The lowest BCUT2D eigenvalue weighted by atomic mass is 9.98. The van der Waals surface area contributed by atoms with Gasteiger partial charge in [0.1, 0.15) is 5.82 Å². The highest BCUT2D eigenvalue weighted by atomic mass is 16.4. The SMILES string of the molecule is Cc1ncc2n1C[C@H](C(=O)O)CC2. The van der Waals surface area contributed by atoms with Crippen molar-refractivity contribution in [3.63, 3.8) is 0 Å². The number of rotatable bonds is 1. The Labute approximate surface area is 76.2 Å². The van der Waals surface area contributed by atoms with E-state index >= 15 is 0 Å². The summed E-state index contributed by atoms with van der Waals surface area (Å²) in [5, 5.41) is 8.86. The van der Waals surface area contributed by atoms with Gasteiger partial charge in [0.2, 0.25) is 0 Å². The van der Waals surface area contributed by atoms with E-state index in [0.717, 1.165) is 24.4 Å². The second kappa shape index (κ2) is 2.87. The number of hydrogen-bond acceptors (Lipinski definition) is 2. The summed E-state index contributed by atoms with van der Waals surface area (Å²) in [4.78, 5) is 14.9.